The Morgan fingerprint density at radius 2 is 2.00 bits per heavy atom. The van der Waals surface area contributed by atoms with Crippen LogP contribution in [0.4, 0.5) is 5.69 Å². The number of non-ortho nitro benzene ring substituents is 1. The zero-order chi connectivity index (χ0) is 22.4. The lowest BCUT2D eigenvalue weighted by Gasteiger charge is -2.05. The van der Waals surface area contributed by atoms with Crippen LogP contribution in [0.25, 0.3) is 11.3 Å². The van der Waals surface area contributed by atoms with E-state index >= 15 is 0 Å². The third-order valence-electron chi connectivity index (χ3n) is 3.96. The Bertz CT molecular complexity index is 1120. The molecular weight excluding hydrogens is 422 g/mol. The molecule has 1 N–H and O–H groups in total. The van der Waals surface area contributed by atoms with Gasteiger partial charge in [-0.15, -0.1) is 0 Å². The van der Waals surface area contributed by atoms with Crippen LogP contribution in [-0.2, 0) is 4.79 Å². The second-order valence-electron chi connectivity index (χ2n) is 6.36. The van der Waals surface area contributed by atoms with Crippen LogP contribution in [0, 0.1) is 24.0 Å². The standard InChI is InChI=1S/C20H19N5O5S/c1-12-8-13(2)23-20(22-12)31-11-19(26)24-21-10-15-5-7-17(30-15)16-6-4-14(25(27)28)9-18(16)29-3/h4-10H,11H2,1-3H3,(H,24,26)/b21-10-. The molecule has 0 unspecified atom stereocenters. The number of benzene rings is 1. The van der Waals surface area contributed by atoms with Crippen LogP contribution >= 0.6 is 11.8 Å². The maximum atomic E-state index is 12.0. The molecule has 1 aromatic carbocycles. The Kier molecular flexibility index (Phi) is 6.98. The third kappa shape index (κ3) is 5.89. The fourth-order valence-corrected chi connectivity index (χ4v) is 3.39. The molecule has 10 nitrogen and oxygen atoms in total. The molecule has 3 aromatic rings. The van der Waals surface area contributed by atoms with Crippen molar-refractivity contribution in [3.63, 3.8) is 0 Å². The van der Waals surface area contributed by atoms with E-state index in [9.17, 15) is 14.9 Å². The van der Waals surface area contributed by atoms with E-state index < -0.39 is 4.92 Å². The van der Waals surface area contributed by atoms with E-state index in [0.29, 0.717) is 28.0 Å². The van der Waals surface area contributed by atoms with E-state index in [-0.39, 0.29) is 17.3 Å². The predicted molar refractivity (Wildman–Crippen MR) is 115 cm³/mol. The van der Waals surface area contributed by atoms with Crippen molar-refractivity contribution in [2.45, 2.75) is 19.0 Å². The van der Waals surface area contributed by atoms with Crippen LogP contribution in [0.3, 0.4) is 0 Å². The maximum Gasteiger partial charge on any atom is 0.273 e. The van der Waals surface area contributed by atoms with Gasteiger partial charge >= 0.3 is 0 Å². The molecule has 2 aromatic heterocycles. The number of nitrogens with zero attached hydrogens (tertiary/aromatic N) is 4. The molecule has 0 spiro atoms. The Labute approximate surface area is 181 Å². The Balaban J connectivity index is 1.59. The quantitative estimate of drug-likeness (QED) is 0.185. The molecule has 11 heteroatoms. The molecule has 0 aliphatic heterocycles. The van der Waals surface area contributed by atoms with Crippen LogP contribution in [0.5, 0.6) is 5.75 Å². The molecule has 0 radical (unpaired) electrons. The van der Waals surface area contributed by atoms with E-state index in [1.807, 2.05) is 19.9 Å². The highest BCUT2D eigenvalue weighted by atomic mass is 32.2. The summed E-state index contributed by atoms with van der Waals surface area (Å²) < 4.78 is 10.9. The van der Waals surface area contributed by atoms with Gasteiger partial charge in [-0.1, -0.05) is 11.8 Å². The SMILES string of the molecule is COc1cc([N+](=O)[O-])ccc1-c1ccc(/C=N\NC(=O)CSc2nc(C)cc(C)n2)o1. The van der Waals surface area contributed by atoms with E-state index in [0.717, 1.165) is 11.4 Å². The second kappa shape index (κ2) is 9.85. The highest BCUT2D eigenvalue weighted by molar-refractivity contribution is 7.99. The topological polar surface area (TPSA) is 133 Å². The number of aryl methyl sites for hydroxylation is 2. The van der Waals surface area contributed by atoms with Crippen LogP contribution in [0.2, 0.25) is 0 Å². The summed E-state index contributed by atoms with van der Waals surface area (Å²) in [6.45, 7) is 3.74. The van der Waals surface area contributed by atoms with Crippen LogP contribution in [-0.4, -0.2) is 39.9 Å². The van der Waals surface area contributed by atoms with Crippen molar-refractivity contribution in [1.82, 2.24) is 15.4 Å². The molecule has 0 saturated carbocycles. The number of ether oxygens (including phenoxy) is 1. The van der Waals surface area contributed by atoms with E-state index in [1.165, 1.54) is 37.2 Å². The average molecular weight is 441 g/mol. The van der Waals surface area contributed by atoms with Gasteiger partial charge in [0.2, 0.25) is 0 Å². The molecule has 160 valence electrons. The minimum atomic E-state index is -0.500. The Morgan fingerprint density at radius 3 is 2.68 bits per heavy atom. The molecule has 31 heavy (non-hydrogen) atoms. The van der Waals surface area contributed by atoms with Gasteiger partial charge in [-0.25, -0.2) is 15.4 Å². The van der Waals surface area contributed by atoms with Gasteiger partial charge < -0.3 is 9.15 Å². The first-order chi connectivity index (χ1) is 14.9. The first-order valence-electron chi connectivity index (χ1n) is 9.05. The molecule has 0 aliphatic rings. The van der Waals surface area contributed by atoms with Crippen molar-refractivity contribution in [3.8, 4) is 17.1 Å². The number of nitro benzene ring substituents is 1. The molecule has 0 atom stereocenters. The number of hydrogen-bond donors (Lipinski definition) is 1. The van der Waals surface area contributed by atoms with Crippen molar-refractivity contribution >= 4 is 29.6 Å². The van der Waals surface area contributed by atoms with Crippen LogP contribution < -0.4 is 10.2 Å². The number of nitro groups is 1. The van der Waals surface area contributed by atoms with Gasteiger partial charge in [-0.05, 0) is 38.1 Å². The van der Waals surface area contributed by atoms with Crippen molar-refractivity contribution in [3.05, 3.63) is 63.7 Å². The summed E-state index contributed by atoms with van der Waals surface area (Å²) >= 11 is 1.22. The van der Waals surface area contributed by atoms with E-state index in [2.05, 4.69) is 20.5 Å². The van der Waals surface area contributed by atoms with Gasteiger partial charge in [0.1, 0.15) is 17.3 Å². The number of nitrogens with one attached hydrogen (secondary N) is 1. The van der Waals surface area contributed by atoms with E-state index in [1.54, 1.807) is 18.2 Å². The fourth-order valence-electron chi connectivity index (χ4n) is 2.65. The highest BCUT2D eigenvalue weighted by Gasteiger charge is 2.15. The summed E-state index contributed by atoms with van der Waals surface area (Å²) in [5, 5.41) is 15.3. The van der Waals surface area contributed by atoms with Gasteiger partial charge in [0, 0.05) is 17.5 Å². The lowest BCUT2D eigenvalue weighted by atomic mass is 10.1. The van der Waals surface area contributed by atoms with Crippen molar-refractivity contribution in [2.24, 2.45) is 5.10 Å². The summed E-state index contributed by atoms with van der Waals surface area (Å²) in [5.74, 6) is 0.950. The molecule has 0 bridgehead atoms. The number of carbonyl (C=O) groups excluding carboxylic acids is 1. The number of amides is 1. The molecule has 1 amide bonds. The number of hydrazone groups is 1. The Morgan fingerprint density at radius 1 is 1.26 bits per heavy atom. The van der Waals surface area contributed by atoms with Crippen LogP contribution in [0.15, 0.2) is 51.1 Å². The summed E-state index contributed by atoms with van der Waals surface area (Å²) in [7, 11) is 1.42. The number of thioether (sulfide) groups is 1. The van der Waals surface area contributed by atoms with Crippen LogP contribution in [0.1, 0.15) is 17.1 Å². The fraction of sp³-hybridized carbons (Fsp3) is 0.200. The van der Waals surface area contributed by atoms with Gasteiger partial charge in [-0.2, -0.15) is 5.10 Å². The summed E-state index contributed by atoms with van der Waals surface area (Å²) in [6, 6.07) is 9.43. The highest BCUT2D eigenvalue weighted by Crippen LogP contribution is 2.34. The number of carbonyl (C=O) groups is 1. The zero-order valence-electron chi connectivity index (χ0n) is 17.0. The molecule has 3 rings (SSSR count). The van der Waals surface area contributed by atoms with Gasteiger partial charge in [0.05, 0.1) is 35.6 Å². The largest absolute Gasteiger partial charge is 0.496 e. The molecule has 0 saturated heterocycles. The number of methoxy groups -OCH3 is 1. The molecule has 2 heterocycles. The first kappa shape index (κ1) is 22.0. The number of furan rings is 1. The lowest BCUT2D eigenvalue weighted by Crippen LogP contribution is -2.19. The summed E-state index contributed by atoms with van der Waals surface area (Å²) in [5.41, 5.74) is 4.57. The minimum absolute atomic E-state index is 0.0826. The second-order valence-corrected chi connectivity index (χ2v) is 7.30. The summed E-state index contributed by atoms with van der Waals surface area (Å²) in [6.07, 6.45) is 1.36. The molecular formula is C20H19N5O5S. The first-order valence-corrected chi connectivity index (χ1v) is 10.0. The van der Waals surface area contributed by atoms with Crippen molar-refractivity contribution in [2.75, 3.05) is 12.9 Å². The van der Waals surface area contributed by atoms with Gasteiger partial charge in [0.15, 0.2) is 5.16 Å². The number of aromatic nitrogens is 2. The van der Waals surface area contributed by atoms with Crippen molar-refractivity contribution < 1.29 is 18.9 Å². The number of rotatable bonds is 8. The molecule has 0 fully saturated rings. The Hall–Kier alpha value is -3.73. The summed E-state index contributed by atoms with van der Waals surface area (Å²) in [4.78, 5) is 30.9. The van der Waals surface area contributed by atoms with Crippen molar-refractivity contribution in [1.29, 1.82) is 0 Å². The lowest BCUT2D eigenvalue weighted by molar-refractivity contribution is -0.384. The predicted octanol–water partition coefficient (Wildman–Crippen LogP) is 3.51. The minimum Gasteiger partial charge on any atom is -0.496 e. The van der Waals surface area contributed by atoms with Gasteiger partial charge in [-0.3, -0.25) is 14.9 Å². The number of hydrogen-bond acceptors (Lipinski definition) is 9. The smallest absolute Gasteiger partial charge is 0.273 e. The normalized spacial score (nSPS) is 10.9. The van der Waals surface area contributed by atoms with Gasteiger partial charge in [0.25, 0.3) is 11.6 Å². The van der Waals surface area contributed by atoms with E-state index in [4.69, 9.17) is 9.15 Å². The zero-order valence-corrected chi connectivity index (χ0v) is 17.8. The third-order valence-corrected chi connectivity index (χ3v) is 4.81. The monoisotopic (exact) mass is 441 g/mol. The average Bonchev–Trinajstić information content (AvgIpc) is 3.19. The maximum absolute atomic E-state index is 12.0. The molecule has 0 aliphatic carbocycles.